The van der Waals surface area contributed by atoms with Crippen LogP contribution in [0.5, 0.6) is 5.75 Å². The molecule has 0 aliphatic heterocycles. The van der Waals surface area contributed by atoms with Crippen molar-refractivity contribution >= 4 is 17.2 Å². The summed E-state index contributed by atoms with van der Waals surface area (Å²) < 4.78 is 1.74. The van der Waals surface area contributed by atoms with E-state index >= 15 is 0 Å². The number of phenols is 1. The minimum atomic E-state index is -0.258. The van der Waals surface area contributed by atoms with Gasteiger partial charge in [-0.15, -0.1) is 0 Å². The summed E-state index contributed by atoms with van der Waals surface area (Å²) in [6.07, 6.45) is 1.80. The van der Waals surface area contributed by atoms with E-state index in [2.05, 4.69) is 10.3 Å². The number of phenolic OH excluding ortho intramolecular Hbond substituents is 1. The summed E-state index contributed by atoms with van der Waals surface area (Å²) >= 11 is 0. The zero-order chi connectivity index (χ0) is 14.1. The Balaban J connectivity index is 1.99. The predicted octanol–water partition coefficient (Wildman–Crippen LogP) is 2.60. The number of rotatable bonds is 2. The minimum Gasteiger partial charge on any atom is -0.508 e. The Labute approximate surface area is 115 Å². The van der Waals surface area contributed by atoms with Crippen LogP contribution in [0.15, 0.2) is 48.7 Å². The van der Waals surface area contributed by atoms with Crippen LogP contribution < -0.4 is 5.32 Å². The van der Waals surface area contributed by atoms with E-state index in [0.717, 1.165) is 5.65 Å². The monoisotopic (exact) mass is 267 g/mol. The lowest BCUT2D eigenvalue weighted by molar-refractivity contribution is 0.102. The van der Waals surface area contributed by atoms with Crippen molar-refractivity contribution in [1.82, 2.24) is 9.38 Å². The Morgan fingerprint density at radius 2 is 2.10 bits per heavy atom. The van der Waals surface area contributed by atoms with Crippen LogP contribution in [0.1, 0.15) is 16.2 Å². The van der Waals surface area contributed by atoms with Gasteiger partial charge < -0.3 is 10.4 Å². The second-order valence-electron chi connectivity index (χ2n) is 4.48. The van der Waals surface area contributed by atoms with Gasteiger partial charge in [-0.25, -0.2) is 4.98 Å². The SMILES string of the molecule is Cc1nc2ccccn2c1C(=O)Nc1cccc(O)c1. The van der Waals surface area contributed by atoms with E-state index in [1.54, 1.807) is 35.7 Å². The van der Waals surface area contributed by atoms with Gasteiger partial charge in [-0.2, -0.15) is 0 Å². The molecule has 5 nitrogen and oxygen atoms in total. The van der Waals surface area contributed by atoms with Gasteiger partial charge in [0.25, 0.3) is 5.91 Å². The van der Waals surface area contributed by atoms with Crippen molar-refractivity contribution in [3.8, 4) is 5.75 Å². The van der Waals surface area contributed by atoms with Gasteiger partial charge in [0.05, 0.1) is 5.69 Å². The normalized spacial score (nSPS) is 10.7. The third-order valence-electron chi connectivity index (χ3n) is 3.02. The Morgan fingerprint density at radius 1 is 1.25 bits per heavy atom. The zero-order valence-electron chi connectivity index (χ0n) is 10.9. The van der Waals surface area contributed by atoms with E-state index in [1.165, 1.54) is 6.07 Å². The molecule has 0 aliphatic carbocycles. The Kier molecular flexibility index (Phi) is 2.87. The number of benzene rings is 1. The molecule has 0 fully saturated rings. The molecule has 0 aliphatic rings. The summed E-state index contributed by atoms with van der Waals surface area (Å²) in [6.45, 7) is 1.80. The first-order valence-corrected chi connectivity index (χ1v) is 6.19. The number of amides is 1. The molecule has 0 atom stereocenters. The summed E-state index contributed by atoms with van der Waals surface area (Å²) in [5, 5.41) is 12.2. The van der Waals surface area contributed by atoms with E-state index in [-0.39, 0.29) is 11.7 Å². The van der Waals surface area contributed by atoms with Gasteiger partial charge in [-0.1, -0.05) is 12.1 Å². The van der Waals surface area contributed by atoms with Gasteiger partial charge in [0.2, 0.25) is 0 Å². The maximum atomic E-state index is 12.4. The molecule has 0 spiro atoms. The number of aromatic nitrogens is 2. The molecule has 5 heteroatoms. The van der Waals surface area contributed by atoms with Crippen molar-refractivity contribution < 1.29 is 9.90 Å². The molecular weight excluding hydrogens is 254 g/mol. The molecular formula is C15H13N3O2. The van der Waals surface area contributed by atoms with Crippen molar-refractivity contribution in [3.63, 3.8) is 0 Å². The highest BCUT2D eigenvalue weighted by atomic mass is 16.3. The van der Waals surface area contributed by atoms with Crippen LogP contribution in [0, 0.1) is 6.92 Å². The van der Waals surface area contributed by atoms with Crippen LogP contribution in [0.4, 0.5) is 5.69 Å². The first-order valence-electron chi connectivity index (χ1n) is 6.19. The molecule has 2 heterocycles. The molecule has 0 unspecified atom stereocenters. The number of nitrogens with one attached hydrogen (secondary N) is 1. The highest BCUT2D eigenvalue weighted by Gasteiger charge is 2.16. The first-order chi connectivity index (χ1) is 9.65. The van der Waals surface area contributed by atoms with Crippen LogP contribution in [0.2, 0.25) is 0 Å². The largest absolute Gasteiger partial charge is 0.508 e. The number of imidazole rings is 1. The second-order valence-corrected chi connectivity index (χ2v) is 4.48. The molecule has 1 aromatic carbocycles. The molecule has 1 amide bonds. The maximum Gasteiger partial charge on any atom is 0.274 e. The number of fused-ring (bicyclic) bond motifs is 1. The van der Waals surface area contributed by atoms with Gasteiger partial charge in [0, 0.05) is 18.0 Å². The van der Waals surface area contributed by atoms with Gasteiger partial charge in [0.15, 0.2) is 0 Å². The standard InChI is InChI=1S/C15H13N3O2/c1-10-14(18-8-3-2-7-13(18)16-10)15(20)17-11-5-4-6-12(19)9-11/h2-9,19H,1H3,(H,17,20). The number of pyridine rings is 1. The quantitative estimate of drug-likeness (QED) is 0.750. The number of carbonyl (C=O) groups is 1. The van der Waals surface area contributed by atoms with Crippen LogP contribution in [0.25, 0.3) is 5.65 Å². The summed E-state index contributed by atoms with van der Waals surface area (Å²) in [5.74, 6) is -0.149. The molecule has 3 aromatic rings. The lowest BCUT2D eigenvalue weighted by Gasteiger charge is -2.06. The molecule has 100 valence electrons. The van der Waals surface area contributed by atoms with E-state index in [1.807, 2.05) is 18.2 Å². The minimum absolute atomic E-state index is 0.109. The van der Waals surface area contributed by atoms with Crippen molar-refractivity contribution in [2.45, 2.75) is 6.92 Å². The number of aryl methyl sites for hydroxylation is 1. The number of carbonyl (C=O) groups excluding carboxylic acids is 1. The fourth-order valence-corrected chi connectivity index (χ4v) is 2.16. The lowest BCUT2D eigenvalue weighted by Crippen LogP contribution is -2.15. The van der Waals surface area contributed by atoms with Crippen LogP contribution in [0.3, 0.4) is 0 Å². The first kappa shape index (κ1) is 12.2. The Hall–Kier alpha value is -2.82. The number of aromatic hydroxyl groups is 1. The molecule has 20 heavy (non-hydrogen) atoms. The molecule has 2 aromatic heterocycles. The highest BCUT2D eigenvalue weighted by molar-refractivity contribution is 6.04. The van der Waals surface area contributed by atoms with Gasteiger partial charge >= 0.3 is 0 Å². The summed E-state index contributed by atoms with van der Waals surface area (Å²) in [6, 6.07) is 12.0. The average Bonchev–Trinajstić information content (AvgIpc) is 2.74. The topological polar surface area (TPSA) is 66.6 Å². The number of anilines is 1. The Morgan fingerprint density at radius 3 is 2.90 bits per heavy atom. The third-order valence-corrected chi connectivity index (χ3v) is 3.02. The van der Waals surface area contributed by atoms with E-state index in [9.17, 15) is 9.90 Å². The van der Waals surface area contributed by atoms with E-state index in [4.69, 9.17) is 0 Å². The van der Waals surface area contributed by atoms with E-state index in [0.29, 0.717) is 17.1 Å². The van der Waals surface area contributed by atoms with Crippen molar-refractivity contribution in [2.24, 2.45) is 0 Å². The maximum absolute atomic E-state index is 12.4. The second kappa shape index (κ2) is 4.70. The van der Waals surface area contributed by atoms with Crippen molar-refractivity contribution in [1.29, 1.82) is 0 Å². The molecule has 0 radical (unpaired) electrons. The number of hydrogen-bond donors (Lipinski definition) is 2. The summed E-state index contributed by atoms with van der Waals surface area (Å²) in [7, 11) is 0. The molecule has 2 N–H and O–H groups in total. The van der Waals surface area contributed by atoms with Crippen molar-refractivity contribution in [2.75, 3.05) is 5.32 Å². The van der Waals surface area contributed by atoms with Crippen LogP contribution in [-0.4, -0.2) is 20.4 Å². The molecule has 0 saturated heterocycles. The molecule has 0 bridgehead atoms. The highest BCUT2D eigenvalue weighted by Crippen LogP contribution is 2.18. The smallest absolute Gasteiger partial charge is 0.274 e. The van der Waals surface area contributed by atoms with Crippen LogP contribution in [-0.2, 0) is 0 Å². The zero-order valence-corrected chi connectivity index (χ0v) is 10.9. The number of hydrogen-bond acceptors (Lipinski definition) is 3. The van der Waals surface area contributed by atoms with Crippen LogP contribution >= 0.6 is 0 Å². The number of nitrogens with zero attached hydrogens (tertiary/aromatic N) is 2. The van der Waals surface area contributed by atoms with Crippen molar-refractivity contribution in [3.05, 3.63) is 60.0 Å². The predicted molar refractivity (Wildman–Crippen MR) is 76.0 cm³/mol. The summed E-state index contributed by atoms with van der Waals surface area (Å²) in [5.41, 5.74) is 2.42. The van der Waals surface area contributed by atoms with Gasteiger partial charge in [-0.3, -0.25) is 9.20 Å². The van der Waals surface area contributed by atoms with Gasteiger partial charge in [-0.05, 0) is 31.2 Å². The third kappa shape index (κ3) is 2.09. The average molecular weight is 267 g/mol. The van der Waals surface area contributed by atoms with E-state index < -0.39 is 0 Å². The summed E-state index contributed by atoms with van der Waals surface area (Å²) in [4.78, 5) is 16.7. The van der Waals surface area contributed by atoms with Gasteiger partial charge in [0.1, 0.15) is 17.1 Å². The fraction of sp³-hybridized carbons (Fsp3) is 0.0667. The lowest BCUT2D eigenvalue weighted by atomic mass is 10.2. The Bertz CT molecular complexity index is 793. The molecule has 0 saturated carbocycles. The molecule has 3 rings (SSSR count). The fourth-order valence-electron chi connectivity index (χ4n) is 2.16.